The van der Waals surface area contributed by atoms with Crippen LogP contribution in [0.5, 0.6) is 0 Å². The molecule has 140 valence electrons. The van der Waals surface area contributed by atoms with E-state index in [0.717, 1.165) is 44.9 Å². The van der Waals surface area contributed by atoms with Crippen LogP contribution in [0.3, 0.4) is 0 Å². The molecule has 0 amide bonds. The van der Waals surface area contributed by atoms with Gasteiger partial charge in [0.2, 0.25) is 0 Å². The van der Waals surface area contributed by atoms with Gasteiger partial charge >= 0.3 is 5.97 Å². The predicted molar refractivity (Wildman–Crippen MR) is 94.7 cm³/mol. The Labute approximate surface area is 150 Å². The molecule has 4 aliphatic carbocycles. The third-order valence-corrected chi connectivity index (χ3v) is 8.32. The maximum atomic E-state index is 11.5. The molecule has 0 radical (unpaired) electrons. The summed E-state index contributed by atoms with van der Waals surface area (Å²) in [5.41, 5.74) is 1.38. The van der Waals surface area contributed by atoms with E-state index in [-0.39, 0.29) is 34.9 Å². The molecule has 4 unspecified atom stereocenters. The summed E-state index contributed by atoms with van der Waals surface area (Å²) in [7, 11) is 0. The summed E-state index contributed by atoms with van der Waals surface area (Å²) in [6.45, 7) is 6.13. The highest BCUT2D eigenvalue weighted by atomic mass is 16.5. The first-order valence-electron chi connectivity index (χ1n) is 10.0. The number of aliphatic hydroxyl groups excluding tert-OH is 2. The fraction of sp³-hybridized carbons (Fsp3) is 0.857. The van der Waals surface area contributed by atoms with E-state index in [9.17, 15) is 15.0 Å². The molecular formula is C21H32O4. The Kier molecular flexibility index (Phi) is 4.08. The molecule has 4 aliphatic rings. The van der Waals surface area contributed by atoms with Crippen LogP contribution in [0.15, 0.2) is 11.6 Å². The fourth-order valence-electron chi connectivity index (χ4n) is 6.98. The van der Waals surface area contributed by atoms with Crippen molar-refractivity contribution >= 4 is 5.97 Å². The van der Waals surface area contributed by atoms with Crippen molar-refractivity contribution in [3.05, 3.63) is 11.6 Å². The van der Waals surface area contributed by atoms with Gasteiger partial charge < -0.3 is 14.9 Å². The number of ether oxygens (including phenoxy) is 1. The van der Waals surface area contributed by atoms with Gasteiger partial charge in [-0.3, -0.25) is 4.79 Å². The molecule has 3 fully saturated rings. The lowest BCUT2D eigenvalue weighted by atomic mass is 9.47. The topological polar surface area (TPSA) is 66.8 Å². The number of hydrogen-bond donors (Lipinski definition) is 2. The zero-order valence-corrected chi connectivity index (χ0v) is 15.7. The van der Waals surface area contributed by atoms with Crippen LogP contribution in [0.1, 0.15) is 65.7 Å². The Morgan fingerprint density at radius 2 is 1.88 bits per heavy atom. The first kappa shape index (κ1) is 17.5. The van der Waals surface area contributed by atoms with Crippen LogP contribution in [-0.4, -0.2) is 34.5 Å². The molecule has 25 heavy (non-hydrogen) atoms. The van der Waals surface area contributed by atoms with E-state index in [1.54, 1.807) is 0 Å². The van der Waals surface area contributed by atoms with Crippen molar-refractivity contribution in [2.75, 3.05) is 0 Å². The third-order valence-electron chi connectivity index (χ3n) is 8.32. The maximum absolute atomic E-state index is 11.5. The zero-order chi connectivity index (χ0) is 18.0. The van der Waals surface area contributed by atoms with E-state index in [4.69, 9.17) is 4.74 Å². The summed E-state index contributed by atoms with van der Waals surface area (Å²) < 4.78 is 5.68. The van der Waals surface area contributed by atoms with E-state index >= 15 is 0 Å². The number of carbonyl (C=O) groups excluding carboxylic acids is 1. The van der Waals surface area contributed by atoms with Crippen molar-refractivity contribution in [3.8, 4) is 0 Å². The van der Waals surface area contributed by atoms with Gasteiger partial charge in [0.15, 0.2) is 0 Å². The van der Waals surface area contributed by atoms with E-state index < -0.39 is 6.10 Å². The van der Waals surface area contributed by atoms with Gasteiger partial charge in [0.05, 0.1) is 12.2 Å². The van der Waals surface area contributed by atoms with Crippen molar-refractivity contribution in [3.63, 3.8) is 0 Å². The number of rotatable bonds is 1. The van der Waals surface area contributed by atoms with Gasteiger partial charge in [0, 0.05) is 12.3 Å². The third kappa shape index (κ3) is 2.51. The van der Waals surface area contributed by atoms with Gasteiger partial charge in [-0.05, 0) is 68.1 Å². The molecule has 2 N–H and O–H groups in total. The van der Waals surface area contributed by atoms with Gasteiger partial charge in [-0.1, -0.05) is 25.5 Å². The van der Waals surface area contributed by atoms with Crippen LogP contribution in [-0.2, 0) is 9.53 Å². The number of esters is 1. The quantitative estimate of drug-likeness (QED) is 0.564. The molecule has 3 saturated carbocycles. The van der Waals surface area contributed by atoms with Crippen LogP contribution < -0.4 is 0 Å². The van der Waals surface area contributed by atoms with E-state index in [1.165, 1.54) is 12.5 Å². The van der Waals surface area contributed by atoms with Crippen molar-refractivity contribution < 1.29 is 19.7 Å². The molecule has 4 nitrogen and oxygen atoms in total. The first-order chi connectivity index (χ1) is 11.8. The minimum absolute atomic E-state index is 0.00508. The van der Waals surface area contributed by atoms with Crippen molar-refractivity contribution in [1.82, 2.24) is 0 Å². The molecule has 0 spiro atoms. The average Bonchev–Trinajstić information content (AvgIpc) is 2.85. The molecular weight excluding hydrogens is 316 g/mol. The molecule has 8 atom stereocenters. The van der Waals surface area contributed by atoms with Gasteiger partial charge in [0.1, 0.15) is 6.10 Å². The van der Waals surface area contributed by atoms with Crippen molar-refractivity contribution in [2.24, 2.45) is 28.6 Å². The van der Waals surface area contributed by atoms with Gasteiger partial charge in [-0.2, -0.15) is 0 Å². The second-order valence-electron chi connectivity index (χ2n) is 9.51. The van der Waals surface area contributed by atoms with Gasteiger partial charge in [-0.25, -0.2) is 0 Å². The van der Waals surface area contributed by atoms with Crippen molar-refractivity contribution in [1.29, 1.82) is 0 Å². The molecule has 0 aromatic heterocycles. The van der Waals surface area contributed by atoms with Crippen LogP contribution in [0, 0.1) is 28.6 Å². The minimum atomic E-state index is -0.431. The number of fused-ring (bicyclic) bond motifs is 5. The molecule has 0 aliphatic heterocycles. The monoisotopic (exact) mass is 348 g/mol. The highest BCUT2D eigenvalue weighted by Crippen LogP contribution is 2.65. The second kappa shape index (κ2) is 5.82. The highest BCUT2D eigenvalue weighted by molar-refractivity contribution is 5.66. The lowest BCUT2D eigenvalue weighted by Gasteiger charge is -2.58. The molecule has 0 aromatic rings. The fourth-order valence-corrected chi connectivity index (χ4v) is 6.98. The van der Waals surface area contributed by atoms with Gasteiger partial charge in [0.25, 0.3) is 0 Å². The number of carbonyl (C=O) groups is 1. The summed E-state index contributed by atoms with van der Waals surface area (Å²) in [5, 5.41) is 21.1. The molecule has 0 heterocycles. The second-order valence-corrected chi connectivity index (χ2v) is 9.51. The van der Waals surface area contributed by atoms with Crippen LogP contribution in [0.2, 0.25) is 0 Å². The summed E-state index contributed by atoms with van der Waals surface area (Å²) in [5.74, 6) is 0.952. The molecule has 4 heteroatoms. The predicted octanol–water partition coefficient (Wildman–Crippen LogP) is 3.21. The largest absolute Gasteiger partial charge is 0.462 e. The standard InChI is InChI=1S/C21H32O4/c1-12(22)25-18-5-4-15-19-16(7-9-21(15,18)3)20(2)8-6-14(23)10-13(20)11-17(19)24/h11,14-19,23-24H,4-10H2,1-3H3/t14-,15?,16?,17?,18-,19?,20-,21-/m0/s1. The van der Waals surface area contributed by atoms with E-state index in [0.29, 0.717) is 11.8 Å². The van der Waals surface area contributed by atoms with E-state index in [1.807, 2.05) is 0 Å². The Balaban J connectivity index is 1.67. The summed E-state index contributed by atoms with van der Waals surface area (Å²) in [6, 6.07) is 0. The lowest BCUT2D eigenvalue weighted by Crippen LogP contribution is -2.55. The van der Waals surface area contributed by atoms with Crippen LogP contribution in [0.25, 0.3) is 0 Å². The Bertz CT molecular complexity index is 599. The lowest BCUT2D eigenvalue weighted by molar-refractivity contribution is -0.159. The van der Waals surface area contributed by atoms with Gasteiger partial charge in [-0.15, -0.1) is 0 Å². The van der Waals surface area contributed by atoms with E-state index in [2.05, 4.69) is 19.9 Å². The Hall–Kier alpha value is -0.870. The SMILES string of the molecule is CC(=O)O[C@H]1CCC2C3C(O)C=C4C[C@@H](O)CC[C@]4(C)C3CC[C@@]21C. The maximum Gasteiger partial charge on any atom is 0.302 e. The molecule has 4 rings (SSSR count). The smallest absolute Gasteiger partial charge is 0.302 e. The number of hydrogen-bond acceptors (Lipinski definition) is 4. The molecule has 0 saturated heterocycles. The average molecular weight is 348 g/mol. The first-order valence-corrected chi connectivity index (χ1v) is 10.0. The summed E-state index contributed by atoms with van der Waals surface area (Å²) >= 11 is 0. The number of aliphatic hydroxyl groups is 2. The van der Waals surface area contributed by atoms with Crippen LogP contribution in [0.4, 0.5) is 0 Å². The summed E-state index contributed by atoms with van der Waals surface area (Å²) in [6.07, 6.45) is 8.08. The van der Waals surface area contributed by atoms with Crippen molar-refractivity contribution in [2.45, 2.75) is 84.0 Å². The summed E-state index contributed by atoms with van der Waals surface area (Å²) in [4.78, 5) is 11.5. The van der Waals surface area contributed by atoms with Crippen LogP contribution >= 0.6 is 0 Å². The Morgan fingerprint density at radius 1 is 1.12 bits per heavy atom. The normalized spacial score (nSPS) is 51.8. The highest BCUT2D eigenvalue weighted by Gasteiger charge is 2.61. The molecule has 0 aromatic carbocycles. The Morgan fingerprint density at radius 3 is 2.60 bits per heavy atom. The zero-order valence-electron chi connectivity index (χ0n) is 15.7. The molecule has 0 bridgehead atoms. The minimum Gasteiger partial charge on any atom is -0.462 e.